The zero-order chi connectivity index (χ0) is 15.2. The maximum absolute atomic E-state index is 5.60. The first-order valence-electron chi connectivity index (χ1n) is 6.94. The second kappa shape index (κ2) is 7.36. The zero-order valence-corrected chi connectivity index (χ0v) is 14.2. The molecule has 2 aromatic rings. The third-order valence-electron chi connectivity index (χ3n) is 3.23. The highest BCUT2D eigenvalue weighted by atomic mass is 79.9. The van der Waals surface area contributed by atoms with E-state index in [2.05, 4.69) is 40.3 Å². The van der Waals surface area contributed by atoms with Crippen LogP contribution in [-0.4, -0.2) is 13.7 Å². The molecule has 1 N–H and O–H groups in total. The first-order valence-corrected chi connectivity index (χ1v) is 7.73. The summed E-state index contributed by atoms with van der Waals surface area (Å²) in [4.78, 5) is 0. The maximum atomic E-state index is 5.60. The Kier molecular flexibility index (Phi) is 5.51. The minimum Gasteiger partial charge on any atom is -0.493 e. The molecule has 2 aromatic carbocycles. The third kappa shape index (κ3) is 3.91. The second-order valence-corrected chi connectivity index (χ2v) is 5.61. The summed E-state index contributed by atoms with van der Waals surface area (Å²) in [6.45, 7) is 5.36. The number of para-hydroxylation sites is 1. The molecule has 0 atom stereocenters. The van der Waals surface area contributed by atoms with Crippen LogP contribution in [0.15, 0.2) is 40.9 Å². The van der Waals surface area contributed by atoms with Crippen LogP contribution < -0.4 is 14.8 Å². The largest absolute Gasteiger partial charge is 0.493 e. The van der Waals surface area contributed by atoms with Crippen molar-refractivity contribution < 1.29 is 9.47 Å². The number of benzene rings is 2. The quantitative estimate of drug-likeness (QED) is 0.814. The summed E-state index contributed by atoms with van der Waals surface area (Å²) in [5.41, 5.74) is 3.38. The number of aryl methyl sites for hydroxylation is 1. The molecule has 0 heterocycles. The molecular weight excluding hydrogens is 330 g/mol. The van der Waals surface area contributed by atoms with Crippen LogP contribution in [0.3, 0.4) is 0 Å². The Bertz CT molecular complexity index is 614. The molecule has 112 valence electrons. The van der Waals surface area contributed by atoms with Gasteiger partial charge in [-0.25, -0.2) is 0 Å². The SMILES string of the molecule is CCOc1cccc(CNc2cc(Br)ccc2C)c1OC. The monoisotopic (exact) mass is 349 g/mol. The molecular formula is C17H20BrNO2. The van der Waals surface area contributed by atoms with Gasteiger partial charge in [-0.3, -0.25) is 0 Å². The van der Waals surface area contributed by atoms with E-state index in [9.17, 15) is 0 Å². The van der Waals surface area contributed by atoms with E-state index in [-0.39, 0.29) is 0 Å². The Morgan fingerprint density at radius 2 is 2.00 bits per heavy atom. The molecule has 0 bridgehead atoms. The molecule has 3 nitrogen and oxygen atoms in total. The van der Waals surface area contributed by atoms with Crippen LogP contribution in [-0.2, 0) is 6.54 Å². The number of hydrogen-bond donors (Lipinski definition) is 1. The van der Waals surface area contributed by atoms with Crippen molar-refractivity contribution in [2.24, 2.45) is 0 Å². The maximum Gasteiger partial charge on any atom is 0.165 e. The summed E-state index contributed by atoms with van der Waals surface area (Å²) in [6.07, 6.45) is 0. The van der Waals surface area contributed by atoms with Crippen molar-refractivity contribution in [1.29, 1.82) is 0 Å². The van der Waals surface area contributed by atoms with E-state index in [1.54, 1.807) is 7.11 Å². The first-order chi connectivity index (χ1) is 10.2. The molecule has 0 aliphatic rings. The lowest BCUT2D eigenvalue weighted by Crippen LogP contribution is -2.04. The minimum absolute atomic E-state index is 0.623. The van der Waals surface area contributed by atoms with E-state index >= 15 is 0 Å². The van der Waals surface area contributed by atoms with Crippen LogP contribution in [0.25, 0.3) is 0 Å². The summed E-state index contributed by atoms with van der Waals surface area (Å²) in [6, 6.07) is 12.2. The topological polar surface area (TPSA) is 30.5 Å². The van der Waals surface area contributed by atoms with Crippen molar-refractivity contribution in [2.75, 3.05) is 19.0 Å². The number of ether oxygens (including phenoxy) is 2. The standard InChI is InChI=1S/C17H20BrNO2/c1-4-21-16-7-5-6-13(17(16)20-3)11-19-15-10-14(18)9-8-12(15)2/h5-10,19H,4,11H2,1-3H3. The van der Waals surface area contributed by atoms with Crippen molar-refractivity contribution in [3.05, 3.63) is 52.0 Å². The second-order valence-electron chi connectivity index (χ2n) is 4.69. The summed E-state index contributed by atoms with van der Waals surface area (Å²) in [7, 11) is 1.67. The molecule has 0 unspecified atom stereocenters. The van der Waals surface area contributed by atoms with Gasteiger partial charge in [0.25, 0.3) is 0 Å². The van der Waals surface area contributed by atoms with Gasteiger partial charge in [-0.15, -0.1) is 0 Å². The molecule has 0 spiro atoms. The first kappa shape index (κ1) is 15.7. The molecule has 0 radical (unpaired) electrons. The van der Waals surface area contributed by atoms with Gasteiger partial charge in [-0.05, 0) is 37.6 Å². The normalized spacial score (nSPS) is 10.3. The average Bonchev–Trinajstić information content (AvgIpc) is 2.48. The molecule has 0 saturated carbocycles. The van der Waals surface area contributed by atoms with E-state index in [0.29, 0.717) is 13.2 Å². The summed E-state index contributed by atoms with van der Waals surface area (Å²) >= 11 is 3.50. The van der Waals surface area contributed by atoms with Crippen molar-refractivity contribution >= 4 is 21.6 Å². The number of methoxy groups -OCH3 is 1. The lowest BCUT2D eigenvalue weighted by Gasteiger charge is -2.15. The van der Waals surface area contributed by atoms with Crippen molar-refractivity contribution in [2.45, 2.75) is 20.4 Å². The van der Waals surface area contributed by atoms with Crippen molar-refractivity contribution in [3.8, 4) is 11.5 Å². The highest BCUT2D eigenvalue weighted by Crippen LogP contribution is 2.32. The fourth-order valence-electron chi connectivity index (χ4n) is 2.18. The number of anilines is 1. The van der Waals surface area contributed by atoms with Gasteiger partial charge in [0.1, 0.15) is 0 Å². The third-order valence-corrected chi connectivity index (χ3v) is 3.73. The van der Waals surface area contributed by atoms with Gasteiger partial charge < -0.3 is 14.8 Å². The smallest absolute Gasteiger partial charge is 0.165 e. The van der Waals surface area contributed by atoms with Crippen LogP contribution in [0.4, 0.5) is 5.69 Å². The van der Waals surface area contributed by atoms with Crippen molar-refractivity contribution in [3.63, 3.8) is 0 Å². The summed E-state index contributed by atoms with van der Waals surface area (Å²) in [5, 5.41) is 3.45. The predicted molar refractivity (Wildman–Crippen MR) is 90.4 cm³/mol. The molecule has 0 aromatic heterocycles. The number of rotatable bonds is 6. The minimum atomic E-state index is 0.623. The fourth-order valence-corrected chi connectivity index (χ4v) is 2.54. The molecule has 0 fully saturated rings. The van der Waals surface area contributed by atoms with E-state index < -0.39 is 0 Å². The van der Waals surface area contributed by atoms with Crippen LogP contribution >= 0.6 is 15.9 Å². The molecule has 21 heavy (non-hydrogen) atoms. The number of hydrogen-bond acceptors (Lipinski definition) is 3. The Morgan fingerprint density at radius 3 is 2.71 bits per heavy atom. The van der Waals surface area contributed by atoms with E-state index in [0.717, 1.165) is 27.2 Å². The van der Waals surface area contributed by atoms with Crippen LogP contribution in [0, 0.1) is 6.92 Å². The van der Waals surface area contributed by atoms with E-state index in [1.165, 1.54) is 5.56 Å². The molecule has 0 saturated heterocycles. The van der Waals surface area contributed by atoms with Gasteiger partial charge in [0.2, 0.25) is 0 Å². The van der Waals surface area contributed by atoms with E-state index in [4.69, 9.17) is 9.47 Å². The lowest BCUT2D eigenvalue weighted by molar-refractivity contribution is 0.309. The Balaban J connectivity index is 2.19. The summed E-state index contributed by atoms with van der Waals surface area (Å²) < 4.78 is 12.2. The lowest BCUT2D eigenvalue weighted by atomic mass is 10.1. The zero-order valence-electron chi connectivity index (χ0n) is 12.6. The molecule has 4 heteroatoms. The molecule has 2 rings (SSSR count). The Morgan fingerprint density at radius 1 is 1.19 bits per heavy atom. The predicted octanol–water partition coefficient (Wildman–Crippen LogP) is 4.78. The Labute approximate surface area is 134 Å². The van der Waals surface area contributed by atoms with Crippen molar-refractivity contribution in [1.82, 2.24) is 0 Å². The van der Waals surface area contributed by atoms with Crippen LogP contribution in [0.2, 0.25) is 0 Å². The molecule has 0 aliphatic carbocycles. The van der Waals surface area contributed by atoms with E-state index in [1.807, 2.05) is 31.2 Å². The van der Waals surface area contributed by atoms with Gasteiger partial charge in [-0.1, -0.05) is 34.1 Å². The highest BCUT2D eigenvalue weighted by Gasteiger charge is 2.10. The van der Waals surface area contributed by atoms with Gasteiger partial charge >= 0.3 is 0 Å². The van der Waals surface area contributed by atoms with Gasteiger partial charge in [-0.2, -0.15) is 0 Å². The van der Waals surface area contributed by atoms with Gasteiger partial charge in [0.15, 0.2) is 11.5 Å². The number of halogens is 1. The van der Waals surface area contributed by atoms with Gasteiger partial charge in [0, 0.05) is 22.3 Å². The van der Waals surface area contributed by atoms with Crippen LogP contribution in [0.5, 0.6) is 11.5 Å². The highest BCUT2D eigenvalue weighted by molar-refractivity contribution is 9.10. The number of nitrogens with one attached hydrogen (secondary N) is 1. The van der Waals surface area contributed by atoms with Crippen LogP contribution in [0.1, 0.15) is 18.1 Å². The average molecular weight is 350 g/mol. The Hall–Kier alpha value is -1.68. The summed E-state index contributed by atoms with van der Waals surface area (Å²) in [5.74, 6) is 1.57. The fraction of sp³-hybridized carbons (Fsp3) is 0.294. The van der Waals surface area contributed by atoms with Gasteiger partial charge in [0.05, 0.1) is 13.7 Å². The molecule has 0 amide bonds. The molecule has 0 aliphatic heterocycles.